The number of hydrogen-bond donors (Lipinski definition) is 8. The molecule has 0 amide bonds. The van der Waals surface area contributed by atoms with Crippen LogP contribution in [-0.4, -0.2) is 98.9 Å². The van der Waals surface area contributed by atoms with Gasteiger partial charge in [-0.2, -0.15) is 0 Å². The molecule has 0 aromatic carbocycles. The molecule has 2 saturated heterocycles. The van der Waals surface area contributed by atoms with Crippen LogP contribution in [0, 0.1) is 5.92 Å². The molecular weight excluding hydrogens is 312 g/mol. The van der Waals surface area contributed by atoms with Crippen LogP contribution < -0.4 is 11.5 Å². The van der Waals surface area contributed by atoms with Gasteiger partial charge in [-0.15, -0.1) is 0 Å². The molecule has 0 aromatic rings. The van der Waals surface area contributed by atoms with Crippen molar-refractivity contribution in [3.05, 3.63) is 0 Å². The van der Waals surface area contributed by atoms with Gasteiger partial charge in [-0.05, 0) is 6.42 Å². The van der Waals surface area contributed by atoms with Crippen LogP contribution in [0.25, 0.3) is 0 Å². The van der Waals surface area contributed by atoms with Gasteiger partial charge < -0.3 is 51.6 Å². The highest BCUT2D eigenvalue weighted by atomic mass is 16.6. The predicted molar refractivity (Wildman–Crippen MR) is 75.8 cm³/mol. The zero-order valence-corrected chi connectivity index (χ0v) is 12.5. The summed E-state index contributed by atoms with van der Waals surface area (Å²) >= 11 is 0. The first kappa shape index (κ1) is 18.9. The predicted octanol–water partition coefficient (Wildman–Crippen LogP) is -4.80. The monoisotopic (exact) mass is 338 g/mol. The van der Waals surface area contributed by atoms with Gasteiger partial charge in [0, 0.05) is 5.92 Å². The Morgan fingerprint density at radius 3 is 1.87 bits per heavy atom. The van der Waals surface area contributed by atoms with Crippen molar-refractivity contribution in [1.29, 1.82) is 0 Å². The van der Waals surface area contributed by atoms with E-state index in [-0.39, 0.29) is 6.42 Å². The van der Waals surface area contributed by atoms with Gasteiger partial charge in [0.05, 0.1) is 43.6 Å². The van der Waals surface area contributed by atoms with Crippen molar-refractivity contribution in [2.24, 2.45) is 17.4 Å². The van der Waals surface area contributed by atoms with Gasteiger partial charge in [-0.25, -0.2) is 0 Å². The van der Waals surface area contributed by atoms with E-state index in [0.29, 0.717) is 0 Å². The third-order valence-electron chi connectivity index (χ3n) is 4.72. The van der Waals surface area contributed by atoms with Gasteiger partial charge in [0.25, 0.3) is 0 Å². The summed E-state index contributed by atoms with van der Waals surface area (Å²) in [4.78, 5) is 0. The Balaban J connectivity index is 2.11. The topological polar surface area (TPSA) is 192 Å². The van der Waals surface area contributed by atoms with Crippen molar-refractivity contribution in [3.63, 3.8) is 0 Å². The molecule has 0 saturated carbocycles. The van der Waals surface area contributed by atoms with Crippen molar-refractivity contribution >= 4 is 0 Å². The van der Waals surface area contributed by atoms with Crippen LogP contribution in [0.3, 0.4) is 0 Å². The van der Waals surface area contributed by atoms with Crippen molar-refractivity contribution < 1.29 is 40.1 Å². The largest absolute Gasteiger partial charge is 0.394 e. The SMILES string of the molecule is NC1C(O)[C@H](O)C(CO)O[C@H]1C[C@H]1C(CO)OC(O)[C@H](N)C1O. The Kier molecular flexibility index (Phi) is 6.30. The first-order valence-electron chi connectivity index (χ1n) is 7.57. The molecule has 2 rings (SSSR count). The Morgan fingerprint density at radius 2 is 1.30 bits per heavy atom. The van der Waals surface area contributed by atoms with Gasteiger partial charge in [0.15, 0.2) is 6.29 Å². The molecule has 10 atom stereocenters. The molecule has 0 aliphatic carbocycles. The molecule has 2 aliphatic rings. The fourth-order valence-corrected chi connectivity index (χ4v) is 3.21. The molecule has 2 aliphatic heterocycles. The molecule has 0 spiro atoms. The molecule has 2 heterocycles. The third kappa shape index (κ3) is 3.66. The molecule has 10 heteroatoms. The van der Waals surface area contributed by atoms with Gasteiger partial charge in [0.2, 0.25) is 0 Å². The maximum absolute atomic E-state index is 10.2. The molecular formula is C13H26N2O8. The van der Waals surface area contributed by atoms with Gasteiger partial charge in [0.1, 0.15) is 18.3 Å². The number of aliphatic hydroxyl groups is 6. The highest BCUT2D eigenvalue weighted by Crippen LogP contribution is 2.32. The Hall–Kier alpha value is -0.400. The summed E-state index contributed by atoms with van der Waals surface area (Å²) in [5.74, 6) is -0.698. The van der Waals surface area contributed by atoms with Crippen LogP contribution in [0.15, 0.2) is 0 Å². The molecule has 23 heavy (non-hydrogen) atoms. The van der Waals surface area contributed by atoms with Gasteiger partial charge >= 0.3 is 0 Å². The van der Waals surface area contributed by atoms with E-state index in [1.165, 1.54) is 0 Å². The maximum atomic E-state index is 10.2. The number of aliphatic hydroxyl groups excluding tert-OH is 6. The lowest BCUT2D eigenvalue weighted by Gasteiger charge is -2.46. The lowest BCUT2D eigenvalue weighted by Crippen LogP contribution is -2.64. The average Bonchev–Trinajstić information content (AvgIpc) is 2.55. The smallest absolute Gasteiger partial charge is 0.172 e. The molecule has 10 N–H and O–H groups in total. The van der Waals surface area contributed by atoms with Crippen LogP contribution in [0.1, 0.15) is 6.42 Å². The molecule has 0 radical (unpaired) electrons. The van der Waals surface area contributed by atoms with Crippen LogP contribution >= 0.6 is 0 Å². The molecule has 10 nitrogen and oxygen atoms in total. The van der Waals surface area contributed by atoms with Crippen LogP contribution in [-0.2, 0) is 9.47 Å². The summed E-state index contributed by atoms with van der Waals surface area (Å²) < 4.78 is 10.7. The van der Waals surface area contributed by atoms with E-state index < -0.39 is 74.1 Å². The summed E-state index contributed by atoms with van der Waals surface area (Å²) in [6.45, 7) is -0.963. The van der Waals surface area contributed by atoms with E-state index in [0.717, 1.165) is 0 Å². The standard InChI is InChI=1S/C13H26N2O8/c14-8-5(22-7(3-17)11(19)12(8)20)1-4-6(2-16)23-13(21)9(15)10(4)18/h4-13,16-21H,1-3,14-15H2/t4-,5-,6?,7?,8?,9+,10?,11+,12?,13?/m0/s1. The molecule has 6 unspecified atom stereocenters. The summed E-state index contributed by atoms with van der Waals surface area (Å²) in [5, 5.41) is 58.2. The second-order valence-electron chi connectivity index (χ2n) is 6.17. The second-order valence-corrected chi connectivity index (χ2v) is 6.17. The van der Waals surface area contributed by atoms with Crippen LogP contribution in [0.4, 0.5) is 0 Å². The van der Waals surface area contributed by atoms with E-state index in [1.807, 2.05) is 0 Å². The van der Waals surface area contributed by atoms with E-state index in [2.05, 4.69) is 0 Å². The summed E-state index contributed by atoms with van der Waals surface area (Å²) in [5.41, 5.74) is 11.5. The summed E-state index contributed by atoms with van der Waals surface area (Å²) in [6.07, 6.45) is -7.84. The van der Waals surface area contributed by atoms with Crippen molar-refractivity contribution in [3.8, 4) is 0 Å². The van der Waals surface area contributed by atoms with Crippen molar-refractivity contribution in [1.82, 2.24) is 0 Å². The first-order valence-corrected chi connectivity index (χ1v) is 7.57. The normalized spacial score (nSPS) is 51.7. The van der Waals surface area contributed by atoms with Crippen LogP contribution in [0.2, 0.25) is 0 Å². The minimum absolute atomic E-state index is 0.0637. The molecule has 0 aromatic heterocycles. The quantitative estimate of drug-likeness (QED) is 0.247. The number of rotatable bonds is 4. The van der Waals surface area contributed by atoms with Crippen molar-refractivity contribution in [2.45, 2.75) is 61.4 Å². The third-order valence-corrected chi connectivity index (χ3v) is 4.72. The van der Waals surface area contributed by atoms with Crippen molar-refractivity contribution in [2.75, 3.05) is 13.2 Å². The molecule has 0 bridgehead atoms. The summed E-state index contributed by atoms with van der Waals surface area (Å²) in [7, 11) is 0. The fourth-order valence-electron chi connectivity index (χ4n) is 3.21. The Labute approximate surface area is 133 Å². The van der Waals surface area contributed by atoms with Gasteiger partial charge in [-0.3, -0.25) is 0 Å². The number of nitrogens with two attached hydrogens (primary N) is 2. The van der Waals surface area contributed by atoms with E-state index in [4.69, 9.17) is 20.9 Å². The first-order chi connectivity index (χ1) is 10.8. The maximum Gasteiger partial charge on any atom is 0.172 e. The average molecular weight is 338 g/mol. The van der Waals surface area contributed by atoms with E-state index in [9.17, 15) is 30.6 Å². The van der Waals surface area contributed by atoms with E-state index >= 15 is 0 Å². The minimum Gasteiger partial charge on any atom is -0.394 e. The lowest BCUT2D eigenvalue weighted by molar-refractivity contribution is -0.246. The zero-order valence-electron chi connectivity index (χ0n) is 12.5. The Bertz CT molecular complexity index is 385. The lowest BCUT2D eigenvalue weighted by atomic mass is 9.80. The fraction of sp³-hybridized carbons (Fsp3) is 1.00. The number of ether oxygens (including phenoxy) is 2. The second kappa shape index (κ2) is 7.66. The molecule has 2 fully saturated rings. The van der Waals surface area contributed by atoms with E-state index in [1.54, 1.807) is 0 Å². The highest BCUT2D eigenvalue weighted by molar-refractivity contribution is 4.98. The van der Waals surface area contributed by atoms with Gasteiger partial charge in [-0.1, -0.05) is 0 Å². The number of hydrogen-bond acceptors (Lipinski definition) is 10. The Morgan fingerprint density at radius 1 is 0.696 bits per heavy atom. The minimum atomic E-state index is -1.41. The zero-order chi connectivity index (χ0) is 17.3. The highest BCUT2D eigenvalue weighted by Gasteiger charge is 2.48. The van der Waals surface area contributed by atoms with Crippen LogP contribution in [0.5, 0.6) is 0 Å². The summed E-state index contributed by atoms with van der Waals surface area (Å²) in [6, 6.07) is -2.02. The molecule has 136 valence electrons.